The molecule has 2 aromatic rings. The minimum Gasteiger partial charge on any atom is -0.494 e. The van der Waals surface area contributed by atoms with Crippen molar-refractivity contribution >= 4 is 17.3 Å². The molecule has 0 unspecified atom stereocenters. The second kappa shape index (κ2) is 10.1. The van der Waals surface area contributed by atoms with Gasteiger partial charge in [0.15, 0.2) is 18.1 Å². The van der Waals surface area contributed by atoms with Crippen LogP contribution in [0.5, 0.6) is 17.2 Å². The predicted octanol–water partition coefficient (Wildman–Crippen LogP) is 3.48. The fourth-order valence-corrected chi connectivity index (χ4v) is 2.30. The van der Waals surface area contributed by atoms with Crippen LogP contribution < -0.4 is 19.5 Å². The van der Waals surface area contributed by atoms with Gasteiger partial charge in [-0.05, 0) is 56.3 Å². The van der Waals surface area contributed by atoms with Gasteiger partial charge >= 0.3 is 0 Å². The summed E-state index contributed by atoms with van der Waals surface area (Å²) in [7, 11) is 3.14. The number of ether oxygens (including phenoxy) is 3. The molecule has 0 aliphatic heterocycles. The molecule has 7 heteroatoms. The summed E-state index contributed by atoms with van der Waals surface area (Å²) in [5.41, 5.74) is 2.08. The highest BCUT2D eigenvalue weighted by Crippen LogP contribution is 2.27. The van der Waals surface area contributed by atoms with Crippen molar-refractivity contribution in [2.24, 2.45) is 5.16 Å². The lowest BCUT2D eigenvalue weighted by Gasteiger charge is -2.09. The van der Waals surface area contributed by atoms with Crippen LogP contribution >= 0.6 is 0 Å². The van der Waals surface area contributed by atoms with Gasteiger partial charge in [0.25, 0.3) is 5.91 Å². The summed E-state index contributed by atoms with van der Waals surface area (Å²) in [4.78, 5) is 17.1. The number of hydrogen-bond donors (Lipinski definition) is 1. The molecule has 0 aliphatic rings. The van der Waals surface area contributed by atoms with E-state index in [1.165, 1.54) is 0 Å². The Labute approximate surface area is 158 Å². The zero-order valence-corrected chi connectivity index (χ0v) is 15.9. The highest BCUT2D eigenvalue weighted by molar-refractivity contribution is 5.99. The maximum atomic E-state index is 12.0. The average Bonchev–Trinajstić information content (AvgIpc) is 2.69. The van der Waals surface area contributed by atoms with Crippen LogP contribution in [0.15, 0.2) is 47.6 Å². The van der Waals surface area contributed by atoms with Gasteiger partial charge in [-0.3, -0.25) is 4.79 Å². The number of benzene rings is 2. The zero-order valence-electron chi connectivity index (χ0n) is 15.9. The number of methoxy groups -OCH3 is 2. The third-order valence-corrected chi connectivity index (χ3v) is 3.65. The van der Waals surface area contributed by atoms with Crippen LogP contribution in [0.4, 0.5) is 5.69 Å². The molecule has 27 heavy (non-hydrogen) atoms. The zero-order chi connectivity index (χ0) is 19.6. The Kier molecular flexibility index (Phi) is 7.49. The highest BCUT2D eigenvalue weighted by atomic mass is 16.6. The first-order chi connectivity index (χ1) is 13.1. The number of carbonyl (C=O) groups is 1. The summed E-state index contributed by atoms with van der Waals surface area (Å²) in [6, 6.07) is 12.5. The van der Waals surface area contributed by atoms with Crippen molar-refractivity contribution < 1.29 is 23.8 Å². The predicted molar refractivity (Wildman–Crippen MR) is 104 cm³/mol. The fraction of sp³-hybridized carbons (Fsp3) is 0.300. The minimum atomic E-state index is -0.303. The smallest absolute Gasteiger partial charge is 0.265 e. The van der Waals surface area contributed by atoms with Gasteiger partial charge in [-0.15, -0.1) is 0 Å². The molecule has 0 heterocycles. The van der Waals surface area contributed by atoms with Gasteiger partial charge in [-0.25, -0.2) is 0 Å². The largest absolute Gasteiger partial charge is 0.494 e. The summed E-state index contributed by atoms with van der Waals surface area (Å²) in [6.45, 7) is 4.10. The number of hydrogen-bond acceptors (Lipinski definition) is 6. The van der Waals surface area contributed by atoms with Crippen molar-refractivity contribution in [1.82, 2.24) is 0 Å². The molecule has 1 N–H and O–H groups in total. The third kappa shape index (κ3) is 5.91. The summed E-state index contributed by atoms with van der Waals surface area (Å²) >= 11 is 0. The number of rotatable bonds is 9. The van der Waals surface area contributed by atoms with Crippen LogP contribution in [-0.2, 0) is 9.63 Å². The molecule has 1 amide bonds. The van der Waals surface area contributed by atoms with E-state index < -0.39 is 0 Å². The standard InChI is InChI=1S/C20H24N2O5/c1-5-26-17-9-7-16(8-10-17)21-20(23)13-27-22-14(2)15-6-11-18(24-3)19(12-15)25-4/h6-12H,5,13H2,1-4H3,(H,21,23)/b22-14-. The molecule has 7 nitrogen and oxygen atoms in total. The SMILES string of the molecule is CCOc1ccc(NC(=O)CO/N=C(/C)c2ccc(OC)c(OC)c2)cc1. The maximum absolute atomic E-state index is 12.0. The molecule has 0 bridgehead atoms. The van der Waals surface area contributed by atoms with Gasteiger partial charge in [-0.1, -0.05) is 5.16 Å². The van der Waals surface area contributed by atoms with E-state index in [1.54, 1.807) is 57.5 Å². The van der Waals surface area contributed by atoms with E-state index in [4.69, 9.17) is 19.0 Å². The van der Waals surface area contributed by atoms with Crippen molar-refractivity contribution in [3.8, 4) is 17.2 Å². The number of nitrogens with one attached hydrogen (secondary N) is 1. The Hall–Kier alpha value is -3.22. The van der Waals surface area contributed by atoms with Gasteiger partial charge in [-0.2, -0.15) is 0 Å². The topological polar surface area (TPSA) is 78.4 Å². The van der Waals surface area contributed by atoms with Crippen LogP contribution in [-0.4, -0.2) is 39.1 Å². The quantitative estimate of drug-likeness (QED) is 0.539. The first-order valence-electron chi connectivity index (χ1n) is 8.49. The summed E-state index contributed by atoms with van der Waals surface area (Å²) in [5, 5.41) is 6.72. The van der Waals surface area contributed by atoms with Crippen LogP contribution in [0.1, 0.15) is 19.4 Å². The molecule has 0 saturated carbocycles. The second-order valence-electron chi connectivity index (χ2n) is 5.53. The molecular formula is C20H24N2O5. The van der Waals surface area contributed by atoms with Gasteiger partial charge in [0.05, 0.1) is 26.5 Å². The number of nitrogens with zero attached hydrogens (tertiary/aromatic N) is 1. The monoisotopic (exact) mass is 372 g/mol. The summed E-state index contributed by atoms with van der Waals surface area (Å²) in [5.74, 6) is 1.67. The van der Waals surface area contributed by atoms with E-state index in [9.17, 15) is 4.79 Å². The van der Waals surface area contributed by atoms with Crippen molar-refractivity contribution in [1.29, 1.82) is 0 Å². The van der Waals surface area contributed by atoms with Crippen molar-refractivity contribution in [3.05, 3.63) is 48.0 Å². The van der Waals surface area contributed by atoms with E-state index >= 15 is 0 Å². The Morgan fingerprint density at radius 3 is 2.37 bits per heavy atom. The van der Waals surface area contributed by atoms with Crippen LogP contribution in [0.2, 0.25) is 0 Å². The normalized spacial score (nSPS) is 10.9. The molecule has 0 aromatic heterocycles. The lowest BCUT2D eigenvalue weighted by atomic mass is 10.1. The van der Waals surface area contributed by atoms with Gasteiger partial charge in [0.2, 0.25) is 0 Å². The van der Waals surface area contributed by atoms with Gasteiger partial charge in [0, 0.05) is 11.3 Å². The molecule has 0 fully saturated rings. The number of oxime groups is 1. The van der Waals surface area contributed by atoms with Crippen molar-refractivity contribution in [2.75, 3.05) is 32.8 Å². The van der Waals surface area contributed by atoms with Crippen LogP contribution in [0, 0.1) is 0 Å². The molecule has 0 radical (unpaired) electrons. The molecular weight excluding hydrogens is 348 g/mol. The van der Waals surface area contributed by atoms with Gasteiger partial charge < -0.3 is 24.4 Å². The molecule has 0 saturated heterocycles. The molecule has 0 aliphatic carbocycles. The third-order valence-electron chi connectivity index (χ3n) is 3.65. The lowest BCUT2D eigenvalue weighted by Crippen LogP contribution is -2.17. The Morgan fingerprint density at radius 1 is 1.04 bits per heavy atom. The average molecular weight is 372 g/mol. The van der Waals surface area contributed by atoms with E-state index in [2.05, 4.69) is 10.5 Å². The van der Waals surface area contributed by atoms with Crippen LogP contribution in [0.3, 0.4) is 0 Å². The number of anilines is 1. The van der Waals surface area contributed by atoms with E-state index in [0.29, 0.717) is 29.5 Å². The van der Waals surface area contributed by atoms with Gasteiger partial charge in [0.1, 0.15) is 5.75 Å². The molecule has 0 atom stereocenters. The Morgan fingerprint density at radius 2 is 1.74 bits per heavy atom. The van der Waals surface area contributed by atoms with E-state index in [-0.39, 0.29) is 12.5 Å². The van der Waals surface area contributed by atoms with E-state index in [0.717, 1.165) is 11.3 Å². The minimum absolute atomic E-state index is 0.197. The number of amides is 1. The Bertz CT molecular complexity index is 787. The summed E-state index contributed by atoms with van der Waals surface area (Å²) in [6.07, 6.45) is 0. The molecule has 2 aromatic carbocycles. The lowest BCUT2D eigenvalue weighted by molar-refractivity contribution is -0.120. The Balaban J connectivity index is 1.89. The highest BCUT2D eigenvalue weighted by Gasteiger charge is 2.08. The first-order valence-corrected chi connectivity index (χ1v) is 8.49. The maximum Gasteiger partial charge on any atom is 0.265 e. The van der Waals surface area contributed by atoms with E-state index in [1.807, 2.05) is 13.0 Å². The van der Waals surface area contributed by atoms with Crippen molar-refractivity contribution in [3.63, 3.8) is 0 Å². The molecule has 144 valence electrons. The number of carbonyl (C=O) groups excluding carboxylic acids is 1. The first kappa shape index (κ1) is 20.1. The van der Waals surface area contributed by atoms with Crippen LogP contribution in [0.25, 0.3) is 0 Å². The van der Waals surface area contributed by atoms with Crippen molar-refractivity contribution in [2.45, 2.75) is 13.8 Å². The fourth-order valence-electron chi connectivity index (χ4n) is 2.30. The summed E-state index contributed by atoms with van der Waals surface area (Å²) < 4.78 is 15.8. The second-order valence-corrected chi connectivity index (χ2v) is 5.53. The molecule has 2 rings (SSSR count). The molecule has 0 spiro atoms.